The lowest BCUT2D eigenvalue weighted by Gasteiger charge is -2.31. The molecule has 4 nitrogen and oxygen atoms in total. The number of rotatable bonds is 1. The maximum absolute atomic E-state index is 6.19. The van der Waals surface area contributed by atoms with E-state index in [4.69, 9.17) is 9.72 Å². The number of anilines is 1. The van der Waals surface area contributed by atoms with Gasteiger partial charge in [-0.1, -0.05) is 23.5 Å². The molecular weight excluding hydrogens is 282 g/mol. The number of nitrogens with one attached hydrogen (secondary N) is 1. The minimum atomic E-state index is -0.312. The number of hydrogen-bond donors (Lipinski definition) is 1. The van der Waals surface area contributed by atoms with Crippen LogP contribution < -0.4 is 15.0 Å². The lowest BCUT2D eigenvalue weighted by atomic mass is 9.97. The van der Waals surface area contributed by atoms with E-state index in [9.17, 15) is 0 Å². The third-order valence-corrected chi connectivity index (χ3v) is 5.48. The third kappa shape index (κ3) is 2.12. The van der Waals surface area contributed by atoms with E-state index in [-0.39, 0.29) is 5.60 Å². The van der Waals surface area contributed by atoms with Crippen molar-refractivity contribution in [3.05, 3.63) is 29.1 Å². The Morgan fingerprint density at radius 1 is 1.24 bits per heavy atom. The van der Waals surface area contributed by atoms with Crippen molar-refractivity contribution in [2.75, 3.05) is 31.1 Å². The van der Waals surface area contributed by atoms with Gasteiger partial charge >= 0.3 is 0 Å². The van der Waals surface area contributed by atoms with Gasteiger partial charge in [0.2, 0.25) is 0 Å². The van der Waals surface area contributed by atoms with Gasteiger partial charge in [-0.3, -0.25) is 0 Å². The molecule has 0 atom stereocenters. The van der Waals surface area contributed by atoms with E-state index in [1.807, 2.05) is 18.2 Å². The highest BCUT2D eigenvalue weighted by molar-refractivity contribution is 7.16. The summed E-state index contributed by atoms with van der Waals surface area (Å²) in [6, 6.07) is 8.20. The zero-order chi connectivity index (χ0) is 14.4. The zero-order valence-corrected chi connectivity index (χ0v) is 13.2. The normalized spacial score (nSPS) is 19.6. The summed E-state index contributed by atoms with van der Waals surface area (Å²) in [4.78, 5) is 8.55. The van der Waals surface area contributed by atoms with Crippen LogP contribution in [0.15, 0.2) is 24.3 Å². The third-order valence-electron chi connectivity index (χ3n) is 4.06. The summed E-state index contributed by atoms with van der Waals surface area (Å²) in [5.41, 5.74) is 1.90. The molecule has 1 saturated heterocycles. The molecule has 0 spiro atoms. The molecule has 5 heteroatoms. The van der Waals surface area contributed by atoms with Crippen LogP contribution in [0.3, 0.4) is 0 Å². The fraction of sp³-hybridized carbons (Fsp3) is 0.438. The van der Waals surface area contributed by atoms with E-state index < -0.39 is 0 Å². The van der Waals surface area contributed by atoms with Crippen molar-refractivity contribution < 1.29 is 4.74 Å². The molecule has 0 amide bonds. The summed E-state index contributed by atoms with van der Waals surface area (Å²) in [6.07, 6.45) is 0. The van der Waals surface area contributed by atoms with Crippen LogP contribution >= 0.6 is 11.3 Å². The Kier molecular flexibility index (Phi) is 2.94. The summed E-state index contributed by atoms with van der Waals surface area (Å²) >= 11 is 1.77. The summed E-state index contributed by atoms with van der Waals surface area (Å²) in [5, 5.41) is 4.51. The van der Waals surface area contributed by atoms with Gasteiger partial charge in [-0.15, -0.1) is 0 Å². The molecule has 0 unspecified atom stereocenters. The van der Waals surface area contributed by atoms with Gasteiger partial charge in [0.1, 0.15) is 11.4 Å². The van der Waals surface area contributed by atoms with E-state index in [2.05, 4.69) is 30.1 Å². The second kappa shape index (κ2) is 4.71. The van der Waals surface area contributed by atoms with Gasteiger partial charge in [0.25, 0.3) is 0 Å². The van der Waals surface area contributed by atoms with E-state index in [1.54, 1.807) is 11.3 Å². The van der Waals surface area contributed by atoms with Crippen LogP contribution in [0.1, 0.15) is 18.7 Å². The predicted molar refractivity (Wildman–Crippen MR) is 86.3 cm³/mol. The van der Waals surface area contributed by atoms with Crippen LogP contribution in [0.5, 0.6) is 5.75 Å². The van der Waals surface area contributed by atoms with Crippen molar-refractivity contribution >= 4 is 16.5 Å². The minimum Gasteiger partial charge on any atom is -0.482 e. The second-order valence-corrected chi connectivity index (χ2v) is 7.00. The van der Waals surface area contributed by atoms with Crippen molar-refractivity contribution in [2.45, 2.75) is 19.4 Å². The molecule has 110 valence electrons. The highest BCUT2D eigenvalue weighted by atomic mass is 32.1. The number of aromatic nitrogens is 1. The molecule has 2 aliphatic heterocycles. The Morgan fingerprint density at radius 3 is 2.81 bits per heavy atom. The summed E-state index contributed by atoms with van der Waals surface area (Å²) < 4.78 is 6.19. The van der Waals surface area contributed by atoms with Gasteiger partial charge in [0.05, 0.1) is 10.6 Å². The second-order valence-electron chi connectivity index (χ2n) is 6.02. The average Bonchev–Trinajstić information content (AvgIpc) is 2.94. The SMILES string of the molecule is CC1(C)Oc2ccccc2-c2nc(N3CCNCC3)sc21. The van der Waals surface area contributed by atoms with Crippen molar-refractivity contribution in [1.29, 1.82) is 0 Å². The summed E-state index contributed by atoms with van der Waals surface area (Å²) in [5.74, 6) is 0.937. The summed E-state index contributed by atoms with van der Waals surface area (Å²) in [7, 11) is 0. The number of para-hydroxylation sites is 1. The number of fused-ring (bicyclic) bond motifs is 3. The lowest BCUT2D eigenvalue weighted by Crippen LogP contribution is -2.43. The number of benzene rings is 1. The number of hydrogen-bond acceptors (Lipinski definition) is 5. The monoisotopic (exact) mass is 301 g/mol. The van der Waals surface area contributed by atoms with E-state index in [0.29, 0.717) is 0 Å². The summed E-state index contributed by atoms with van der Waals surface area (Å²) in [6.45, 7) is 8.36. The van der Waals surface area contributed by atoms with Gasteiger partial charge in [-0.05, 0) is 26.0 Å². The molecule has 21 heavy (non-hydrogen) atoms. The van der Waals surface area contributed by atoms with Crippen molar-refractivity contribution in [1.82, 2.24) is 10.3 Å². The minimum absolute atomic E-state index is 0.312. The molecule has 2 aromatic rings. The molecule has 0 radical (unpaired) electrons. The van der Waals surface area contributed by atoms with Crippen LogP contribution in [0, 0.1) is 0 Å². The maximum Gasteiger partial charge on any atom is 0.186 e. The van der Waals surface area contributed by atoms with Gasteiger partial charge in [0.15, 0.2) is 5.13 Å². The molecule has 1 fully saturated rings. The van der Waals surface area contributed by atoms with Crippen LogP contribution in [-0.4, -0.2) is 31.2 Å². The van der Waals surface area contributed by atoms with Crippen molar-refractivity contribution in [3.8, 4) is 17.0 Å². The first kappa shape index (κ1) is 13.1. The first-order chi connectivity index (χ1) is 10.1. The topological polar surface area (TPSA) is 37.4 Å². The number of nitrogens with zero attached hydrogens (tertiary/aromatic N) is 2. The van der Waals surface area contributed by atoms with Crippen LogP contribution in [0.25, 0.3) is 11.3 Å². The Bertz CT molecular complexity index is 674. The molecule has 1 N–H and O–H groups in total. The first-order valence-electron chi connectivity index (χ1n) is 7.40. The Hall–Kier alpha value is -1.59. The Labute approximate surface area is 128 Å². The van der Waals surface area contributed by atoms with Crippen molar-refractivity contribution in [2.24, 2.45) is 0 Å². The lowest BCUT2D eigenvalue weighted by molar-refractivity contribution is 0.109. The fourth-order valence-corrected chi connectivity index (χ4v) is 4.13. The molecule has 0 aliphatic carbocycles. The molecule has 0 bridgehead atoms. The van der Waals surface area contributed by atoms with E-state index in [0.717, 1.165) is 48.3 Å². The molecular formula is C16H19N3OS. The van der Waals surface area contributed by atoms with Crippen LogP contribution in [0.2, 0.25) is 0 Å². The number of ether oxygens (including phenoxy) is 1. The van der Waals surface area contributed by atoms with E-state index >= 15 is 0 Å². The first-order valence-corrected chi connectivity index (χ1v) is 8.22. The highest BCUT2D eigenvalue weighted by Crippen LogP contribution is 2.48. The molecule has 1 aromatic carbocycles. The largest absolute Gasteiger partial charge is 0.482 e. The van der Waals surface area contributed by atoms with Crippen LogP contribution in [0.4, 0.5) is 5.13 Å². The Balaban J connectivity index is 1.82. The zero-order valence-electron chi connectivity index (χ0n) is 12.3. The molecule has 0 saturated carbocycles. The fourth-order valence-electron chi connectivity index (χ4n) is 2.96. The standard InChI is InChI=1S/C16H19N3OS/c1-16(2)14-13(11-5-3-4-6-12(11)20-16)18-15(21-14)19-9-7-17-8-10-19/h3-6,17H,7-10H2,1-2H3. The number of thiazole rings is 1. The van der Waals surface area contributed by atoms with Gasteiger partial charge in [0, 0.05) is 31.7 Å². The molecule has 3 heterocycles. The van der Waals surface area contributed by atoms with Gasteiger partial charge < -0.3 is 15.0 Å². The smallest absolute Gasteiger partial charge is 0.186 e. The highest BCUT2D eigenvalue weighted by Gasteiger charge is 2.36. The average molecular weight is 301 g/mol. The molecule has 4 rings (SSSR count). The number of piperazine rings is 1. The predicted octanol–water partition coefficient (Wildman–Crippen LogP) is 2.85. The Morgan fingerprint density at radius 2 is 2.00 bits per heavy atom. The van der Waals surface area contributed by atoms with Gasteiger partial charge in [-0.25, -0.2) is 4.98 Å². The quantitative estimate of drug-likeness (QED) is 0.879. The van der Waals surface area contributed by atoms with Gasteiger partial charge in [-0.2, -0.15) is 0 Å². The maximum atomic E-state index is 6.19. The van der Waals surface area contributed by atoms with E-state index in [1.165, 1.54) is 4.88 Å². The molecule has 1 aromatic heterocycles. The molecule has 2 aliphatic rings. The van der Waals surface area contributed by atoms with Crippen molar-refractivity contribution in [3.63, 3.8) is 0 Å². The van der Waals surface area contributed by atoms with Crippen LogP contribution in [-0.2, 0) is 5.60 Å².